The minimum Gasteiger partial charge on any atom is -0.493 e. The molecule has 0 saturated carbocycles. The molecule has 1 N–H and O–H groups in total. The summed E-state index contributed by atoms with van der Waals surface area (Å²) in [5.74, 6) is 0.399. The Morgan fingerprint density at radius 1 is 1.15 bits per heavy atom. The molecule has 0 fully saturated rings. The second-order valence-corrected chi connectivity index (χ2v) is 5.72. The second kappa shape index (κ2) is 7.94. The molecule has 1 amide bonds. The van der Waals surface area contributed by atoms with Gasteiger partial charge < -0.3 is 24.4 Å². The summed E-state index contributed by atoms with van der Waals surface area (Å²) in [6.07, 6.45) is -0.698. The quantitative estimate of drug-likeness (QED) is 0.841. The number of nitrogens with one attached hydrogen (secondary N) is 1. The molecule has 1 heterocycles. The third-order valence-corrected chi connectivity index (χ3v) is 4.08. The lowest BCUT2D eigenvalue weighted by Crippen LogP contribution is -2.28. The monoisotopic (exact) mass is 374 g/mol. The maximum atomic E-state index is 13.9. The molecule has 0 saturated heterocycles. The van der Waals surface area contributed by atoms with Crippen LogP contribution in [0.3, 0.4) is 0 Å². The van der Waals surface area contributed by atoms with Crippen LogP contribution in [0.2, 0.25) is 0 Å². The number of halogens is 1. The van der Waals surface area contributed by atoms with Crippen molar-refractivity contribution in [2.45, 2.75) is 12.5 Å². The average Bonchev–Trinajstić information content (AvgIpc) is 3.17. The van der Waals surface area contributed by atoms with Gasteiger partial charge in [-0.3, -0.25) is 4.79 Å². The molecular weight excluding hydrogens is 355 g/mol. The fourth-order valence-electron chi connectivity index (χ4n) is 2.75. The van der Waals surface area contributed by atoms with Crippen molar-refractivity contribution in [2.24, 2.45) is 5.16 Å². The number of benzene rings is 2. The number of amides is 1. The minimum atomic E-state index is -0.862. The Morgan fingerprint density at radius 3 is 2.41 bits per heavy atom. The van der Waals surface area contributed by atoms with E-state index >= 15 is 0 Å². The predicted molar refractivity (Wildman–Crippen MR) is 97.2 cm³/mol. The smallest absolute Gasteiger partial charge is 0.268 e. The summed E-state index contributed by atoms with van der Waals surface area (Å²) in [7, 11) is 4.46. The van der Waals surface area contributed by atoms with Gasteiger partial charge in [0.15, 0.2) is 11.5 Å². The van der Waals surface area contributed by atoms with Crippen molar-refractivity contribution < 1.29 is 28.2 Å². The first kappa shape index (κ1) is 18.5. The van der Waals surface area contributed by atoms with Crippen LogP contribution in [0.4, 0.5) is 10.1 Å². The molecule has 2 aromatic rings. The van der Waals surface area contributed by atoms with E-state index in [4.69, 9.17) is 19.0 Å². The van der Waals surface area contributed by atoms with E-state index in [-0.39, 0.29) is 6.42 Å². The van der Waals surface area contributed by atoms with Gasteiger partial charge in [0.1, 0.15) is 5.82 Å². The molecule has 0 aromatic heterocycles. The number of nitrogens with zero attached hydrogens (tertiary/aromatic N) is 1. The van der Waals surface area contributed by atoms with Gasteiger partial charge in [0.2, 0.25) is 11.9 Å². The van der Waals surface area contributed by atoms with Crippen LogP contribution in [-0.4, -0.2) is 39.1 Å². The highest BCUT2D eigenvalue weighted by atomic mass is 19.1. The van der Waals surface area contributed by atoms with Gasteiger partial charge in [-0.2, -0.15) is 0 Å². The van der Waals surface area contributed by atoms with Crippen LogP contribution in [0.15, 0.2) is 41.6 Å². The van der Waals surface area contributed by atoms with Crippen molar-refractivity contribution in [1.82, 2.24) is 0 Å². The van der Waals surface area contributed by atoms with Crippen molar-refractivity contribution in [2.75, 3.05) is 26.6 Å². The fourth-order valence-corrected chi connectivity index (χ4v) is 2.75. The number of ether oxygens (including phenoxy) is 3. The van der Waals surface area contributed by atoms with Crippen LogP contribution >= 0.6 is 0 Å². The van der Waals surface area contributed by atoms with Gasteiger partial charge in [-0.15, -0.1) is 0 Å². The molecule has 8 heteroatoms. The van der Waals surface area contributed by atoms with E-state index in [2.05, 4.69) is 10.5 Å². The van der Waals surface area contributed by atoms with Crippen molar-refractivity contribution >= 4 is 17.3 Å². The zero-order valence-electron chi connectivity index (χ0n) is 15.1. The Bertz CT molecular complexity index is 859. The SMILES string of the molecule is COc1cc(NC(=O)[C@H]2CC(c3ccccc3F)=NO2)cc(OC)c1OC. The summed E-state index contributed by atoms with van der Waals surface area (Å²) >= 11 is 0. The van der Waals surface area contributed by atoms with E-state index in [1.165, 1.54) is 27.4 Å². The van der Waals surface area contributed by atoms with E-state index in [0.29, 0.717) is 34.2 Å². The minimum absolute atomic E-state index is 0.164. The van der Waals surface area contributed by atoms with E-state index in [1.807, 2.05) is 0 Å². The third kappa shape index (κ3) is 3.79. The first-order valence-electron chi connectivity index (χ1n) is 8.15. The van der Waals surface area contributed by atoms with Crippen LogP contribution in [0.1, 0.15) is 12.0 Å². The lowest BCUT2D eigenvalue weighted by Gasteiger charge is -2.15. The topological polar surface area (TPSA) is 78.4 Å². The Morgan fingerprint density at radius 2 is 1.81 bits per heavy atom. The van der Waals surface area contributed by atoms with Crippen LogP contribution in [0.5, 0.6) is 17.2 Å². The zero-order valence-corrected chi connectivity index (χ0v) is 15.1. The first-order chi connectivity index (χ1) is 13.1. The summed E-state index contributed by atoms with van der Waals surface area (Å²) in [5, 5.41) is 6.58. The molecule has 0 aliphatic carbocycles. The van der Waals surface area contributed by atoms with Gasteiger partial charge in [0, 0.05) is 29.8 Å². The molecule has 1 atom stereocenters. The highest BCUT2D eigenvalue weighted by Crippen LogP contribution is 2.40. The van der Waals surface area contributed by atoms with E-state index in [0.717, 1.165) is 0 Å². The highest BCUT2D eigenvalue weighted by molar-refractivity contribution is 6.06. The molecule has 3 rings (SSSR count). The van der Waals surface area contributed by atoms with Crippen LogP contribution in [0.25, 0.3) is 0 Å². The summed E-state index contributed by atoms with van der Waals surface area (Å²) in [5.41, 5.74) is 1.15. The standard InChI is InChI=1S/C19H19FN2O5/c1-24-15-8-11(9-16(25-2)18(15)26-3)21-19(23)17-10-14(22-27-17)12-6-4-5-7-13(12)20/h4-9,17H,10H2,1-3H3,(H,21,23)/t17-/m1/s1. The predicted octanol–water partition coefficient (Wildman–Crippen LogP) is 2.98. The molecule has 142 valence electrons. The van der Waals surface area contributed by atoms with Gasteiger partial charge in [-0.25, -0.2) is 4.39 Å². The second-order valence-electron chi connectivity index (χ2n) is 5.72. The molecule has 2 aromatic carbocycles. The van der Waals surface area contributed by atoms with Gasteiger partial charge in [-0.05, 0) is 6.07 Å². The molecular formula is C19H19FN2O5. The number of hydrogen-bond donors (Lipinski definition) is 1. The molecule has 0 spiro atoms. The van der Waals surface area contributed by atoms with Crippen LogP contribution in [0, 0.1) is 5.82 Å². The van der Waals surface area contributed by atoms with Gasteiger partial charge >= 0.3 is 0 Å². The lowest BCUT2D eigenvalue weighted by atomic mass is 10.0. The summed E-state index contributed by atoms with van der Waals surface area (Å²) in [6.45, 7) is 0. The molecule has 1 aliphatic rings. The van der Waals surface area contributed by atoms with E-state index in [9.17, 15) is 9.18 Å². The number of rotatable bonds is 6. The number of oxime groups is 1. The fraction of sp³-hybridized carbons (Fsp3) is 0.263. The summed E-state index contributed by atoms with van der Waals surface area (Å²) in [4.78, 5) is 17.7. The third-order valence-electron chi connectivity index (χ3n) is 4.08. The summed E-state index contributed by atoms with van der Waals surface area (Å²) in [6, 6.07) is 9.42. The average molecular weight is 374 g/mol. The van der Waals surface area contributed by atoms with Crippen molar-refractivity contribution in [3.63, 3.8) is 0 Å². The Labute approximate surface area is 155 Å². The largest absolute Gasteiger partial charge is 0.493 e. The molecule has 0 bridgehead atoms. The van der Waals surface area contributed by atoms with Gasteiger partial charge in [0.05, 0.1) is 27.0 Å². The normalized spacial score (nSPS) is 15.6. The van der Waals surface area contributed by atoms with Crippen molar-refractivity contribution in [3.05, 3.63) is 47.8 Å². The Kier molecular flexibility index (Phi) is 5.44. The van der Waals surface area contributed by atoms with Crippen molar-refractivity contribution in [3.8, 4) is 17.2 Å². The first-order valence-corrected chi connectivity index (χ1v) is 8.15. The highest BCUT2D eigenvalue weighted by Gasteiger charge is 2.30. The number of carbonyl (C=O) groups excluding carboxylic acids is 1. The summed E-state index contributed by atoms with van der Waals surface area (Å²) < 4.78 is 29.7. The number of carbonyl (C=O) groups is 1. The lowest BCUT2D eigenvalue weighted by molar-refractivity contribution is -0.125. The molecule has 7 nitrogen and oxygen atoms in total. The number of methoxy groups -OCH3 is 3. The van der Waals surface area contributed by atoms with Crippen molar-refractivity contribution in [1.29, 1.82) is 0 Å². The van der Waals surface area contributed by atoms with E-state index in [1.54, 1.807) is 30.3 Å². The number of hydrogen-bond acceptors (Lipinski definition) is 6. The molecule has 0 radical (unpaired) electrons. The van der Waals surface area contributed by atoms with E-state index < -0.39 is 17.8 Å². The maximum Gasteiger partial charge on any atom is 0.268 e. The Hall–Kier alpha value is -3.29. The molecule has 0 unspecified atom stereocenters. The van der Waals surface area contributed by atoms with Gasteiger partial charge in [0.25, 0.3) is 5.91 Å². The molecule has 1 aliphatic heterocycles. The maximum absolute atomic E-state index is 13.9. The van der Waals surface area contributed by atoms with Crippen LogP contribution in [-0.2, 0) is 9.63 Å². The Balaban J connectivity index is 1.73. The van der Waals surface area contributed by atoms with Crippen LogP contribution < -0.4 is 19.5 Å². The number of anilines is 1. The molecule has 27 heavy (non-hydrogen) atoms. The zero-order chi connectivity index (χ0) is 19.4. The van der Waals surface area contributed by atoms with Gasteiger partial charge in [-0.1, -0.05) is 23.4 Å².